The van der Waals surface area contributed by atoms with Crippen molar-refractivity contribution in [2.75, 3.05) is 0 Å². The molecule has 0 aliphatic heterocycles. The Morgan fingerprint density at radius 3 is 1.44 bits per heavy atom. The number of hydrogen-bond acceptors (Lipinski definition) is 0. The average molecular weight is 541 g/mol. The van der Waals surface area contributed by atoms with Crippen molar-refractivity contribution in [1.82, 2.24) is 0 Å². The van der Waals surface area contributed by atoms with Crippen LogP contribution in [0.1, 0.15) is 16.7 Å². The van der Waals surface area contributed by atoms with Crippen LogP contribution in [0.4, 0.5) is 0 Å². The SMILES string of the molecule is C[Si](C)(C)C#Cc1[c-]cccc1.C[Si](C)(C)C#Cc1c[c-]ccc1.C[Si](C)(C)C#Cc1cc[c-]cc1.[Li+].[Li+].[Li+]. The number of benzene rings is 3. The fourth-order valence-corrected chi connectivity index (χ4v) is 3.73. The van der Waals surface area contributed by atoms with E-state index in [0.29, 0.717) is 0 Å². The molecule has 0 aliphatic rings. The molecule has 0 aliphatic carbocycles. The monoisotopic (exact) mass is 540 g/mol. The van der Waals surface area contributed by atoms with Crippen LogP contribution in [0.5, 0.6) is 0 Å². The van der Waals surface area contributed by atoms with Crippen molar-refractivity contribution in [2.45, 2.75) is 58.9 Å². The first-order chi connectivity index (χ1) is 16.7. The van der Waals surface area contributed by atoms with Gasteiger partial charge >= 0.3 is 56.6 Å². The molecule has 0 bridgehead atoms. The molecule has 3 aromatic rings. The van der Waals surface area contributed by atoms with Crippen molar-refractivity contribution in [1.29, 1.82) is 0 Å². The van der Waals surface area contributed by atoms with Gasteiger partial charge in [0.05, 0.1) is 0 Å². The summed E-state index contributed by atoms with van der Waals surface area (Å²) < 4.78 is 0. The van der Waals surface area contributed by atoms with E-state index in [1.54, 1.807) is 0 Å². The van der Waals surface area contributed by atoms with Gasteiger partial charge in [0.25, 0.3) is 0 Å². The van der Waals surface area contributed by atoms with Crippen molar-refractivity contribution in [3.63, 3.8) is 0 Å². The van der Waals surface area contributed by atoms with Crippen LogP contribution >= 0.6 is 0 Å². The summed E-state index contributed by atoms with van der Waals surface area (Å²) in [5.74, 6) is 9.48. The van der Waals surface area contributed by atoms with Crippen LogP contribution in [0.25, 0.3) is 0 Å². The van der Waals surface area contributed by atoms with E-state index in [0.717, 1.165) is 16.7 Å². The molecule has 0 heterocycles. The minimum Gasteiger partial charge on any atom is -0.198 e. The van der Waals surface area contributed by atoms with Crippen LogP contribution in [0.3, 0.4) is 0 Å². The third-order valence-electron chi connectivity index (χ3n) is 3.87. The van der Waals surface area contributed by atoms with E-state index in [4.69, 9.17) is 0 Å². The van der Waals surface area contributed by atoms with E-state index in [1.807, 2.05) is 72.8 Å². The summed E-state index contributed by atoms with van der Waals surface area (Å²) in [5.41, 5.74) is 13.1. The molecule has 0 radical (unpaired) electrons. The summed E-state index contributed by atoms with van der Waals surface area (Å²) in [6.45, 7) is 20.2. The summed E-state index contributed by atoms with van der Waals surface area (Å²) in [6, 6.07) is 32.5. The van der Waals surface area contributed by atoms with Crippen molar-refractivity contribution in [3.05, 3.63) is 108 Å². The van der Waals surface area contributed by atoms with E-state index in [1.165, 1.54) is 0 Å². The summed E-state index contributed by atoms with van der Waals surface area (Å²) in [6.07, 6.45) is 0. The van der Waals surface area contributed by atoms with E-state index in [9.17, 15) is 0 Å². The molecule has 0 unspecified atom stereocenters. The van der Waals surface area contributed by atoms with E-state index in [-0.39, 0.29) is 56.6 Å². The Hall–Kier alpha value is -1.22. The molecule has 0 N–H and O–H groups in total. The minimum absolute atomic E-state index is 0. The second-order valence-electron chi connectivity index (χ2n) is 11.4. The van der Waals surface area contributed by atoms with Gasteiger partial charge in [-0.25, -0.2) is 0 Å². The van der Waals surface area contributed by atoms with Gasteiger partial charge in [-0.15, -0.1) is 58.8 Å². The van der Waals surface area contributed by atoms with Crippen LogP contribution in [-0.4, -0.2) is 24.2 Å². The van der Waals surface area contributed by atoms with E-state index < -0.39 is 24.2 Å². The Labute approximate surface area is 279 Å². The summed E-state index contributed by atoms with van der Waals surface area (Å²) >= 11 is 0. The van der Waals surface area contributed by atoms with Crippen LogP contribution in [0.2, 0.25) is 58.9 Å². The standard InChI is InChI=1S/3C11H13Si.3Li/c3*1-12(2,3)10-9-11-7-5-4-6-8-11;;;/h5-8H,1-3H3;4-5,7-8H,1-3H3;4-7H,1-3H3;;;/q3*-1;3*+1. The Morgan fingerprint density at radius 2 is 1.00 bits per heavy atom. The first-order valence-electron chi connectivity index (χ1n) is 12.2. The van der Waals surface area contributed by atoms with Crippen molar-refractivity contribution in [2.24, 2.45) is 0 Å². The van der Waals surface area contributed by atoms with Gasteiger partial charge in [-0.2, -0.15) is 72.1 Å². The largest absolute Gasteiger partial charge is 1.00 e. The molecule has 0 nitrogen and oxygen atoms in total. The maximum Gasteiger partial charge on any atom is 1.00 e. The van der Waals surface area contributed by atoms with Crippen molar-refractivity contribution in [3.8, 4) is 34.4 Å². The van der Waals surface area contributed by atoms with Crippen LogP contribution < -0.4 is 56.6 Å². The van der Waals surface area contributed by atoms with Gasteiger partial charge < -0.3 is 0 Å². The topological polar surface area (TPSA) is 0 Å². The average Bonchev–Trinajstić information content (AvgIpc) is 2.82. The maximum absolute atomic E-state index is 3.31. The van der Waals surface area contributed by atoms with Crippen LogP contribution in [0.15, 0.2) is 72.8 Å². The number of rotatable bonds is 0. The zero-order chi connectivity index (χ0) is 27.1. The van der Waals surface area contributed by atoms with Crippen molar-refractivity contribution >= 4 is 24.2 Å². The molecule has 0 amide bonds. The molecule has 186 valence electrons. The zero-order valence-corrected chi connectivity index (χ0v) is 29.4. The second-order valence-corrected chi connectivity index (χ2v) is 25.6. The normalized spacial score (nSPS) is 9.46. The maximum atomic E-state index is 3.31. The van der Waals surface area contributed by atoms with Crippen LogP contribution in [-0.2, 0) is 0 Å². The smallest absolute Gasteiger partial charge is 0.198 e. The first-order valence-corrected chi connectivity index (χ1v) is 22.7. The zero-order valence-electron chi connectivity index (χ0n) is 26.4. The molecule has 3 rings (SSSR count). The Morgan fingerprint density at radius 1 is 0.487 bits per heavy atom. The molecular weight excluding hydrogens is 501 g/mol. The molecule has 0 aromatic heterocycles. The molecule has 39 heavy (non-hydrogen) atoms. The number of hydrogen-bond donors (Lipinski definition) is 0. The predicted molar refractivity (Wildman–Crippen MR) is 167 cm³/mol. The Kier molecular flexibility index (Phi) is 23.3. The van der Waals surface area contributed by atoms with Crippen molar-refractivity contribution < 1.29 is 56.6 Å². The van der Waals surface area contributed by atoms with E-state index >= 15 is 0 Å². The molecule has 3 aromatic carbocycles. The van der Waals surface area contributed by atoms with Gasteiger partial charge in [0.15, 0.2) is 0 Å². The second kappa shape index (κ2) is 21.5. The molecule has 6 heteroatoms. The van der Waals surface area contributed by atoms with Gasteiger partial charge in [0.2, 0.25) is 0 Å². The van der Waals surface area contributed by atoms with Gasteiger partial charge in [-0.1, -0.05) is 70.1 Å². The molecule has 0 saturated carbocycles. The molecule has 0 spiro atoms. The van der Waals surface area contributed by atoms with E-state index in [2.05, 4.69) is 112 Å². The van der Waals surface area contributed by atoms with Gasteiger partial charge in [0, 0.05) is 0 Å². The Bertz CT molecular complexity index is 1060. The minimum atomic E-state index is -1.22. The van der Waals surface area contributed by atoms with Gasteiger partial charge in [0.1, 0.15) is 24.2 Å². The molecular formula is C33H39Li3Si3. The molecule has 0 atom stereocenters. The fourth-order valence-electron chi connectivity index (χ4n) is 2.19. The first kappa shape index (κ1) is 42.3. The van der Waals surface area contributed by atoms with Gasteiger partial charge in [-0.3, -0.25) is 0 Å². The third kappa shape index (κ3) is 26.8. The fraction of sp³-hybridized carbons (Fsp3) is 0.273. The summed E-state index contributed by atoms with van der Waals surface area (Å²) in [4.78, 5) is 0. The molecule has 0 saturated heterocycles. The van der Waals surface area contributed by atoms with Crippen LogP contribution in [0, 0.1) is 52.6 Å². The van der Waals surface area contributed by atoms with Gasteiger partial charge in [-0.05, 0) is 0 Å². The third-order valence-corrected chi connectivity index (χ3v) is 6.50. The quantitative estimate of drug-likeness (QED) is 0.198. The Balaban J connectivity index is -0.000000480. The molecule has 0 fully saturated rings. The summed E-state index contributed by atoms with van der Waals surface area (Å²) in [5, 5.41) is 0. The predicted octanol–water partition coefficient (Wildman–Crippen LogP) is -0.841. The summed E-state index contributed by atoms with van der Waals surface area (Å²) in [7, 11) is -3.65.